The summed E-state index contributed by atoms with van der Waals surface area (Å²) in [7, 11) is 0. The fourth-order valence-corrected chi connectivity index (χ4v) is 5.56. The van der Waals surface area contributed by atoms with E-state index in [1.54, 1.807) is 19.1 Å². The number of aromatic nitrogens is 2. The second kappa shape index (κ2) is 10.1. The minimum absolute atomic E-state index is 0.0222. The molecule has 3 aromatic rings. The van der Waals surface area contributed by atoms with Crippen LogP contribution in [0, 0.1) is 11.8 Å². The number of H-pyrrole nitrogens is 1. The van der Waals surface area contributed by atoms with Crippen molar-refractivity contribution in [3.63, 3.8) is 0 Å². The maximum Gasteiger partial charge on any atom is 0.418 e. The van der Waals surface area contributed by atoms with E-state index < -0.39 is 11.7 Å². The first-order valence-corrected chi connectivity index (χ1v) is 13.2. The second-order valence-electron chi connectivity index (χ2n) is 10.1. The monoisotopic (exact) mass is 545 g/mol. The summed E-state index contributed by atoms with van der Waals surface area (Å²) in [6, 6.07) is 4.94. The molecule has 0 aliphatic carbocycles. The Morgan fingerprint density at radius 3 is 2.51 bits per heavy atom. The molecule has 2 saturated heterocycles. The number of hydrogen-bond acceptors (Lipinski definition) is 7. The molecule has 0 radical (unpaired) electrons. The molecule has 2 aromatic heterocycles. The number of carbonyl (C=O) groups is 1. The quantitative estimate of drug-likeness (QED) is 0.400. The number of nitrogens with one attached hydrogen (secondary N) is 3. The number of amides is 1. The summed E-state index contributed by atoms with van der Waals surface area (Å²) in [6.07, 6.45) is -1.69. The van der Waals surface area contributed by atoms with Crippen molar-refractivity contribution in [1.29, 1.82) is 0 Å². The molecule has 9 nitrogen and oxygen atoms in total. The third-order valence-electron chi connectivity index (χ3n) is 7.65. The lowest BCUT2D eigenvalue weighted by atomic mass is 9.83. The zero-order valence-corrected chi connectivity index (χ0v) is 21.5. The van der Waals surface area contributed by atoms with E-state index >= 15 is 0 Å². The molecule has 1 amide bonds. The van der Waals surface area contributed by atoms with Crippen LogP contribution >= 0.6 is 0 Å². The first-order chi connectivity index (χ1) is 18.8. The molecule has 2 fully saturated rings. The lowest BCUT2D eigenvalue weighted by molar-refractivity contribution is -0.136. The van der Waals surface area contributed by atoms with Crippen LogP contribution < -0.4 is 20.1 Å². The van der Waals surface area contributed by atoms with Crippen molar-refractivity contribution < 1.29 is 32.2 Å². The third kappa shape index (κ3) is 4.81. The van der Waals surface area contributed by atoms with E-state index in [0.29, 0.717) is 78.9 Å². The molecular weight excluding hydrogens is 515 g/mol. The van der Waals surface area contributed by atoms with Crippen molar-refractivity contribution in [3.05, 3.63) is 35.5 Å². The highest BCUT2D eigenvalue weighted by atomic mass is 19.4. The van der Waals surface area contributed by atoms with Gasteiger partial charge in [-0.25, -0.2) is 4.98 Å². The number of halogens is 3. The zero-order chi connectivity index (χ0) is 27.1. The Hall–Kier alpha value is -3.67. The Morgan fingerprint density at radius 1 is 1.10 bits per heavy atom. The summed E-state index contributed by atoms with van der Waals surface area (Å²) in [6.45, 7) is 5.84. The van der Waals surface area contributed by atoms with Gasteiger partial charge in [0.15, 0.2) is 11.5 Å². The average molecular weight is 546 g/mol. The Balaban J connectivity index is 1.27. The van der Waals surface area contributed by atoms with Crippen molar-refractivity contribution in [3.8, 4) is 11.5 Å². The number of aromatic amines is 1. The summed E-state index contributed by atoms with van der Waals surface area (Å²) in [5, 5.41) is 6.13. The van der Waals surface area contributed by atoms with Gasteiger partial charge in [0.1, 0.15) is 24.7 Å². The molecule has 3 N–H and O–H groups in total. The van der Waals surface area contributed by atoms with Crippen molar-refractivity contribution >= 4 is 34.1 Å². The number of anilines is 3. The van der Waals surface area contributed by atoms with Gasteiger partial charge in [-0.05, 0) is 37.8 Å². The van der Waals surface area contributed by atoms with Crippen molar-refractivity contribution in [1.82, 2.24) is 14.9 Å². The van der Waals surface area contributed by atoms with Crippen LogP contribution in [0.5, 0.6) is 11.5 Å². The largest absolute Gasteiger partial charge is 0.485 e. The topological polar surface area (TPSA) is 101 Å². The minimum atomic E-state index is -4.52. The summed E-state index contributed by atoms with van der Waals surface area (Å²) in [5.74, 6) is 2.13. The van der Waals surface area contributed by atoms with Gasteiger partial charge in [0.2, 0.25) is 0 Å². The molecule has 208 valence electrons. The molecule has 6 rings (SSSR count). The molecule has 12 heteroatoms. The second-order valence-corrected chi connectivity index (χ2v) is 10.1. The van der Waals surface area contributed by atoms with Gasteiger partial charge in [-0.1, -0.05) is 0 Å². The zero-order valence-electron chi connectivity index (χ0n) is 21.5. The van der Waals surface area contributed by atoms with Crippen LogP contribution in [-0.4, -0.2) is 66.8 Å². The lowest BCUT2D eigenvalue weighted by Gasteiger charge is -2.39. The predicted molar refractivity (Wildman–Crippen MR) is 139 cm³/mol. The van der Waals surface area contributed by atoms with Crippen LogP contribution in [0.3, 0.4) is 0 Å². The van der Waals surface area contributed by atoms with E-state index in [-0.39, 0.29) is 16.9 Å². The van der Waals surface area contributed by atoms with E-state index in [9.17, 15) is 18.0 Å². The standard InChI is InChI=1S/C27H30F3N5O4/c1-2-31-20-11-21(34-25-22(20)18(12-32-25)27(28,29)30)33-19-4-3-17(23-24(19)39-10-9-38-23)26(36)35-7-5-15(6-8-35)16-13-37-14-16/h3-4,11-12,15-16H,2,5-10,13-14H2,1H3,(H3,31,32,33,34). The number of ether oxygens (including phenoxy) is 3. The molecule has 3 aliphatic rings. The van der Waals surface area contributed by atoms with Gasteiger partial charge in [0.05, 0.1) is 35.4 Å². The first kappa shape index (κ1) is 25.6. The number of benzene rings is 1. The van der Waals surface area contributed by atoms with Crippen molar-refractivity contribution in [2.45, 2.75) is 25.9 Å². The third-order valence-corrected chi connectivity index (χ3v) is 7.65. The van der Waals surface area contributed by atoms with Gasteiger partial charge in [-0.2, -0.15) is 13.2 Å². The number of pyridine rings is 1. The molecule has 1 aromatic carbocycles. The van der Waals surface area contributed by atoms with Crippen LogP contribution in [0.15, 0.2) is 24.4 Å². The molecule has 0 bridgehead atoms. The maximum atomic E-state index is 13.6. The number of rotatable bonds is 6. The van der Waals surface area contributed by atoms with Crippen LogP contribution in [0.1, 0.15) is 35.7 Å². The molecule has 0 unspecified atom stereocenters. The Bertz CT molecular complexity index is 1380. The molecule has 5 heterocycles. The first-order valence-electron chi connectivity index (χ1n) is 13.2. The van der Waals surface area contributed by atoms with Crippen LogP contribution in [-0.2, 0) is 10.9 Å². The highest BCUT2D eigenvalue weighted by Gasteiger charge is 2.36. The van der Waals surface area contributed by atoms with E-state index in [4.69, 9.17) is 14.2 Å². The van der Waals surface area contributed by atoms with E-state index in [1.807, 2.05) is 4.90 Å². The lowest BCUT2D eigenvalue weighted by Crippen LogP contribution is -2.44. The SMILES string of the molecule is CCNc1cc(Nc2ccc(C(=O)N3CCC(C4COC4)CC3)c3c2OCCO3)nc2[nH]cc(C(F)(F)F)c12. The number of piperidine rings is 1. The van der Waals surface area contributed by atoms with Crippen LogP contribution in [0.2, 0.25) is 0 Å². The molecule has 39 heavy (non-hydrogen) atoms. The number of alkyl halides is 3. The Kier molecular flexibility index (Phi) is 6.66. The summed E-state index contributed by atoms with van der Waals surface area (Å²) in [5.41, 5.74) is 0.541. The maximum absolute atomic E-state index is 13.6. The average Bonchev–Trinajstić information content (AvgIpc) is 3.33. The van der Waals surface area contributed by atoms with Crippen LogP contribution in [0.25, 0.3) is 11.0 Å². The van der Waals surface area contributed by atoms with Gasteiger partial charge in [-0.3, -0.25) is 4.79 Å². The Labute approximate surface area is 223 Å². The normalized spacial score (nSPS) is 18.2. The number of carbonyl (C=O) groups excluding carboxylic acids is 1. The minimum Gasteiger partial charge on any atom is -0.485 e. The number of fused-ring (bicyclic) bond motifs is 2. The van der Waals surface area contributed by atoms with E-state index in [1.165, 1.54) is 6.07 Å². The van der Waals surface area contributed by atoms with Crippen LogP contribution in [0.4, 0.5) is 30.4 Å². The molecule has 0 spiro atoms. The fraction of sp³-hybridized carbons (Fsp3) is 0.481. The Morgan fingerprint density at radius 2 is 1.85 bits per heavy atom. The van der Waals surface area contributed by atoms with Gasteiger partial charge in [0.25, 0.3) is 5.91 Å². The number of likely N-dealkylation sites (tertiary alicyclic amines) is 1. The van der Waals surface area contributed by atoms with Crippen molar-refractivity contribution in [2.75, 3.05) is 56.7 Å². The highest BCUT2D eigenvalue weighted by Crippen LogP contribution is 2.44. The number of hydrogen-bond donors (Lipinski definition) is 3. The number of nitrogens with zero attached hydrogens (tertiary/aromatic N) is 2. The summed E-state index contributed by atoms with van der Waals surface area (Å²) in [4.78, 5) is 22.3. The smallest absolute Gasteiger partial charge is 0.418 e. The van der Waals surface area contributed by atoms with E-state index in [0.717, 1.165) is 32.3 Å². The van der Waals surface area contributed by atoms with Gasteiger partial charge >= 0.3 is 6.18 Å². The summed E-state index contributed by atoms with van der Waals surface area (Å²) >= 11 is 0. The fourth-order valence-electron chi connectivity index (χ4n) is 5.56. The highest BCUT2D eigenvalue weighted by molar-refractivity contribution is 5.99. The van der Waals surface area contributed by atoms with Crippen molar-refractivity contribution in [2.24, 2.45) is 11.8 Å². The molecule has 3 aliphatic heterocycles. The van der Waals surface area contributed by atoms with E-state index in [2.05, 4.69) is 20.6 Å². The molecule has 0 saturated carbocycles. The predicted octanol–water partition coefficient (Wildman–Crippen LogP) is 5.03. The molecule has 0 atom stereocenters. The van der Waals surface area contributed by atoms with Gasteiger partial charge in [0, 0.05) is 43.5 Å². The summed E-state index contributed by atoms with van der Waals surface area (Å²) < 4.78 is 57.8. The van der Waals surface area contributed by atoms with Gasteiger partial charge < -0.3 is 34.7 Å². The molecular formula is C27H30F3N5O4. The van der Waals surface area contributed by atoms with Gasteiger partial charge in [-0.15, -0.1) is 0 Å².